The van der Waals surface area contributed by atoms with Crippen molar-refractivity contribution in [3.63, 3.8) is 0 Å². The van der Waals surface area contributed by atoms with Crippen molar-refractivity contribution >= 4 is 28.8 Å². The number of rotatable bonds is 2. The molecule has 1 unspecified atom stereocenters. The van der Waals surface area contributed by atoms with Crippen molar-refractivity contribution in [3.8, 4) is 11.3 Å². The average Bonchev–Trinajstić information content (AvgIpc) is 3.00. The number of anilines is 1. The first-order valence-corrected chi connectivity index (χ1v) is 7.69. The van der Waals surface area contributed by atoms with Crippen LogP contribution in [0.5, 0.6) is 0 Å². The Balaban J connectivity index is 1.89. The molecule has 0 bridgehead atoms. The predicted octanol–water partition coefficient (Wildman–Crippen LogP) is 3.96. The van der Waals surface area contributed by atoms with E-state index in [2.05, 4.69) is 11.4 Å². The van der Waals surface area contributed by atoms with Crippen molar-refractivity contribution in [2.45, 2.75) is 18.1 Å². The Hall–Kier alpha value is -1.00. The Bertz CT molecular complexity index is 516. The quantitative estimate of drug-likeness (QED) is 0.833. The molecule has 2 heterocycles. The molecule has 2 nitrogen and oxygen atoms in total. The lowest BCUT2D eigenvalue weighted by atomic mass is 10.1. The third-order valence-electron chi connectivity index (χ3n) is 2.91. The first kappa shape index (κ1) is 11.1. The molecular formula is C13H14N2S2. The predicted molar refractivity (Wildman–Crippen MR) is 76.4 cm³/mol. The molecule has 0 amide bonds. The van der Waals surface area contributed by atoms with Gasteiger partial charge in [-0.15, -0.1) is 11.3 Å². The van der Waals surface area contributed by atoms with E-state index in [1.54, 1.807) is 11.3 Å². The van der Waals surface area contributed by atoms with Crippen LogP contribution in [0.1, 0.15) is 23.1 Å². The smallest absolute Gasteiger partial charge is 0.106 e. The number of hydrogen-bond acceptors (Lipinski definition) is 4. The highest BCUT2D eigenvalue weighted by Gasteiger charge is 2.20. The highest BCUT2D eigenvalue weighted by molar-refractivity contribution is 7.99. The third kappa shape index (κ3) is 2.33. The molecule has 2 aromatic rings. The van der Waals surface area contributed by atoms with Crippen LogP contribution in [0.3, 0.4) is 0 Å². The molecular weight excluding hydrogens is 248 g/mol. The lowest BCUT2D eigenvalue weighted by Crippen LogP contribution is -1.88. The highest BCUT2D eigenvalue weighted by atomic mass is 32.2. The number of thioether (sulfide) groups is 1. The zero-order valence-electron chi connectivity index (χ0n) is 9.43. The highest BCUT2D eigenvalue weighted by Crippen LogP contribution is 2.41. The summed E-state index contributed by atoms with van der Waals surface area (Å²) in [5.74, 6) is 1.28. The molecule has 1 fully saturated rings. The number of thiazole rings is 1. The van der Waals surface area contributed by atoms with Gasteiger partial charge >= 0.3 is 0 Å². The van der Waals surface area contributed by atoms with E-state index in [4.69, 9.17) is 10.7 Å². The van der Waals surface area contributed by atoms with E-state index in [1.807, 2.05) is 30.0 Å². The van der Waals surface area contributed by atoms with E-state index in [0.717, 1.165) is 16.9 Å². The van der Waals surface area contributed by atoms with Crippen LogP contribution in [0.4, 0.5) is 5.69 Å². The minimum absolute atomic E-state index is 0.620. The van der Waals surface area contributed by atoms with Crippen molar-refractivity contribution in [2.24, 2.45) is 0 Å². The van der Waals surface area contributed by atoms with Gasteiger partial charge in [0.15, 0.2) is 0 Å². The summed E-state index contributed by atoms with van der Waals surface area (Å²) in [5.41, 5.74) is 8.78. The molecule has 0 aliphatic carbocycles. The van der Waals surface area contributed by atoms with Crippen molar-refractivity contribution in [1.29, 1.82) is 0 Å². The van der Waals surface area contributed by atoms with Gasteiger partial charge in [-0.25, -0.2) is 4.98 Å². The van der Waals surface area contributed by atoms with E-state index in [-0.39, 0.29) is 0 Å². The summed E-state index contributed by atoms with van der Waals surface area (Å²) in [6, 6.07) is 7.94. The monoisotopic (exact) mass is 262 g/mol. The van der Waals surface area contributed by atoms with Gasteiger partial charge in [0.1, 0.15) is 5.01 Å². The van der Waals surface area contributed by atoms with Crippen LogP contribution in [0.15, 0.2) is 29.6 Å². The normalized spacial score (nSPS) is 19.6. The fourth-order valence-electron chi connectivity index (χ4n) is 2.04. The van der Waals surface area contributed by atoms with E-state index < -0.39 is 0 Å². The molecule has 1 atom stereocenters. The molecule has 4 heteroatoms. The number of nitrogen functional groups attached to an aromatic ring is 1. The zero-order chi connectivity index (χ0) is 11.7. The Morgan fingerprint density at radius 2 is 2.29 bits per heavy atom. The summed E-state index contributed by atoms with van der Waals surface area (Å²) < 4.78 is 0. The molecule has 3 rings (SSSR count). The molecule has 1 aromatic carbocycles. The molecule has 1 aliphatic heterocycles. The summed E-state index contributed by atoms with van der Waals surface area (Å²) in [6.07, 6.45) is 2.59. The van der Waals surface area contributed by atoms with Gasteiger partial charge in [-0.3, -0.25) is 0 Å². The molecule has 0 saturated carbocycles. The first-order chi connectivity index (χ1) is 8.33. The van der Waals surface area contributed by atoms with Crippen LogP contribution in [0.25, 0.3) is 11.3 Å². The molecule has 17 heavy (non-hydrogen) atoms. The Labute approximate surface area is 109 Å². The minimum atomic E-state index is 0.620. The molecule has 1 aromatic heterocycles. The van der Waals surface area contributed by atoms with Gasteiger partial charge in [0.05, 0.1) is 10.9 Å². The van der Waals surface area contributed by atoms with Crippen LogP contribution >= 0.6 is 23.1 Å². The topological polar surface area (TPSA) is 38.9 Å². The summed E-state index contributed by atoms with van der Waals surface area (Å²) in [5, 5.41) is 4.03. The van der Waals surface area contributed by atoms with Crippen LogP contribution in [0.2, 0.25) is 0 Å². The standard InChI is InChI=1S/C13H14N2S2/c14-10-4-1-3-9(7-10)11-8-17-13(15-11)12-5-2-6-16-12/h1,3-4,7-8,12H,2,5-6,14H2. The van der Waals surface area contributed by atoms with Gasteiger partial charge in [0.2, 0.25) is 0 Å². The number of aromatic nitrogens is 1. The first-order valence-electron chi connectivity index (χ1n) is 5.76. The summed E-state index contributed by atoms with van der Waals surface area (Å²) in [7, 11) is 0. The Morgan fingerprint density at radius 3 is 3.06 bits per heavy atom. The third-order valence-corrected chi connectivity index (χ3v) is 5.40. The lowest BCUT2D eigenvalue weighted by molar-refractivity contribution is 0.823. The van der Waals surface area contributed by atoms with Crippen molar-refractivity contribution in [2.75, 3.05) is 11.5 Å². The second-order valence-electron chi connectivity index (χ2n) is 4.20. The maximum atomic E-state index is 5.80. The van der Waals surface area contributed by atoms with E-state index >= 15 is 0 Å². The largest absolute Gasteiger partial charge is 0.399 e. The van der Waals surface area contributed by atoms with Gasteiger partial charge in [0.25, 0.3) is 0 Å². The summed E-state index contributed by atoms with van der Waals surface area (Å²) in [4.78, 5) is 4.75. The van der Waals surface area contributed by atoms with Crippen molar-refractivity contribution in [3.05, 3.63) is 34.7 Å². The maximum absolute atomic E-state index is 5.80. The van der Waals surface area contributed by atoms with Gasteiger partial charge in [-0.05, 0) is 30.7 Å². The zero-order valence-corrected chi connectivity index (χ0v) is 11.1. The molecule has 88 valence electrons. The second-order valence-corrected chi connectivity index (χ2v) is 6.40. The molecule has 0 radical (unpaired) electrons. The molecule has 1 saturated heterocycles. The van der Waals surface area contributed by atoms with Crippen molar-refractivity contribution in [1.82, 2.24) is 4.98 Å². The SMILES string of the molecule is Nc1cccc(-c2csc(C3CCCS3)n2)c1. The van der Waals surface area contributed by atoms with Gasteiger partial charge < -0.3 is 5.73 Å². The number of nitrogens with two attached hydrogens (primary N) is 1. The maximum Gasteiger partial charge on any atom is 0.106 e. The second kappa shape index (κ2) is 4.70. The van der Waals surface area contributed by atoms with Gasteiger partial charge in [0, 0.05) is 16.6 Å². The summed E-state index contributed by atoms with van der Waals surface area (Å²) >= 11 is 3.81. The van der Waals surface area contributed by atoms with E-state index in [9.17, 15) is 0 Å². The molecule has 2 N–H and O–H groups in total. The van der Waals surface area contributed by atoms with E-state index in [0.29, 0.717) is 5.25 Å². The van der Waals surface area contributed by atoms with Gasteiger partial charge in [-0.1, -0.05) is 12.1 Å². The number of nitrogens with zero attached hydrogens (tertiary/aromatic N) is 1. The van der Waals surface area contributed by atoms with Crippen LogP contribution in [-0.4, -0.2) is 10.7 Å². The van der Waals surface area contributed by atoms with Gasteiger partial charge in [-0.2, -0.15) is 11.8 Å². The van der Waals surface area contributed by atoms with Crippen molar-refractivity contribution < 1.29 is 0 Å². The van der Waals surface area contributed by atoms with Crippen LogP contribution < -0.4 is 5.73 Å². The molecule has 0 spiro atoms. The molecule has 1 aliphatic rings. The lowest BCUT2D eigenvalue weighted by Gasteiger charge is -2.02. The average molecular weight is 262 g/mol. The van der Waals surface area contributed by atoms with Crippen LogP contribution in [0, 0.1) is 0 Å². The summed E-state index contributed by atoms with van der Waals surface area (Å²) in [6.45, 7) is 0. The Morgan fingerprint density at radius 1 is 1.35 bits per heavy atom. The fourth-order valence-corrected chi connectivity index (χ4v) is 4.40. The van der Waals surface area contributed by atoms with Crippen LogP contribution in [-0.2, 0) is 0 Å². The number of hydrogen-bond donors (Lipinski definition) is 1. The Kier molecular flexibility index (Phi) is 3.07. The van der Waals surface area contributed by atoms with E-state index in [1.165, 1.54) is 23.6 Å². The fraction of sp³-hybridized carbons (Fsp3) is 0.308. The minimum Gasteiger partial charge on any atom is -0.399 e. The number of benzene rings is 1.